The number of piperidine rings is 1. The van der Waals surface area contributed by atoms with Gasteiger partial charge in [-0.15, -0.1) is 0 Å². The van der Waals surface area contributed by atoms with E-state index in [1.54, 1.807) is 19.1 Å². The van der Waals surface area contributed by atoms with Crippen molar-refractivity contribution in [3.63, 3.8) is 0 Å². The van der Waals surface area contributed by atoms with Crippen LogP contribution in [0.3, 0.4) is 0 Å². The summed E-state index contributed by atoms with van der Waals surface area (Å²) in [6.07, 6.45) is 6.65. The highest BCUT2D eigenvalue weighted by Crippen LogP contribution is 2.37. The van der Waals surface area contributed by atoms with E-state index in [-0.39, 0.29) is 18.5 Å². The topological polar surface area (TPSA) is 69.7 Å². The van der Waals surface area contributed by atoms with Gasteiger partial charge in [-0.2, -0.15) is 0 Å². The van der Waals surface area contributed by atoms with E-state index in [4.69, 9.17) is 23.2 Å². The van der Waals surface area contributed by atoms with Crippen LogP contribution < -0.4 is 5.32 Å². The van der Waals surface area contributed by atoms with Gasteiger partial charge >= 0.3 is 6.03 Å². The minimum Gasteiger partial charge on any atom is -0.338 e. The lowest BCUT2D eigenvalue weighted by atomic mass is 9.78. The highest BCUT2D eigenvalue weighted by Gasteiger charge is 2.51. The Morgan fingerprint density at radius 1 is 1.17 bits per heavy atom. The van der Waals surface area contributed by atoms with E-state index in [9.17, 15) is 14.4 Å². The number of nitrogens with zero attached hydrogens (tertiary/aromatic N) is 2. The molecule has 2 aliphatic heterocycles. The smallest absolute Gasteiger partial charge is 0.325 e. The molecule has 2 saturated heterocycles. The van der Waals surface area contributed by atoms with Crippen LogP contribution in [0, 0.1) is 5.92 Å². The van der Waals surface area contributed by atoms with Crippen LogP contribution in [0.1, 0.15) is 51.0 Å². The number of likely N-dealkylation sites (tertiary alicyclic amines) is 1. The second kappa shape index (κ2) is 7.80. The number of fused-ring (bicyclic) bond motifs is 1. The molecule has 0 aromatic heterocycles. The first-order valence-electron chi connectivity index (χ1n) is 10.2. The molecule has 6 nitrogen and oxygen atoms in total. The second-order valence-corrected chi connectivity index (χ2v) is 9.26. The van der Waals surface area contributed by atoms with Crippen molar-refractivity contribution in [3.05, 3.63) is 33.8 Å². The fourth-order valence-electron chi connectivity index (χ4n) is 5.08. The number of hydrogen-bond donors (Lipinski definition) is 1. The molecule has 3 fully saturated rings. The van der Waals surface area contributed by atoms with E-state index in [0.717, 1.165) is 37.0 Å². The molecule has 3 atom stereocenters. The average Bonchev–Trinajstić information content (AvgIpc) is 2.91. The molecule has 1 N–H and O–H groups in total. The minimum absolute atomic E-state index is 0.156. The maximum atomic E-state index is 13.2. The molecule has 4 rings (SSSR count). The Balaban J connectivity index is 1.52. The summed E-state index contributed by atoms with van der Waals surface area (Å²) in [5.74, 6) is -0.0866. The first-order chi connectivity index (χ1) is 13.8. The van der Waals surface area contributed by atoms with Crippen molar-refractivity contribution in [3.8, 4) is 0 Å². The Morgan fingerprint density at radius 3 is 2.66 bits per heavy atom. The lowest BCUT2D eigenvalue weighted by Gasteiger charge is -2.44. The summed E-state index contributed by atoms with van der Waals surface area (Å²) in [5, 5.41) is 3.45. The van der Waals surface area contributed by atoms with Crippen molar-refractivity contribution in [2.75, 3.05) is 13.1 Å². The number of benzene rings is 1. The molecule has 0 bridgehead atoms. The largest absolute Gasteiger partial charge is 0.338 e. The zero-order valence-electron chi connectivity index (χ0n) is 16.4. The molecule has 4 amide bonds. The normalized spacial score (nSPS) is 29.6. The SMILES string of the molecule is CC1(c2ccc(Cl)cc2Cl)NC(=O)N(CC(=O)N2CCCC3CCCCC32)C1=O. The summed E-state index contributed by atoms with van der Waals surface area (Å²) in [7, 11) is 0. The van der Waals surface area contributed by atoms with E-state index >= 15 is 0 Å². The van der Waals surface area contributed by atoms with Gasteiger partial charge in [0, 0.05) is 28.2 Å². The zero-order chi connectivity index (χ0) is 20.8. The van der Waals surface area contributed by atoms with Gasteiger partial charge in [0.2, 0.25) is 5.91 Å². The quantitative estimate of drug-likeness (QED) is 0.727. The maximum absolute atomic E-state index is 13.2. The van der Waals surface area contributed by atoms with Gasteiger partial charge in [-0.1, -0.05) is 42.1 Å². The molecule has 3 unspecified atom stereocenters. The highest BCUT2D eigenvalue weighted by molar-refractivity contribution is 6.35. The van der Waals surface area contributed by atoms with Crippen molar-refractivity contribution < 1.29 is 14.4 Å². The number of carbonyl (C=O) groups excluding carboxylic acids is 3. The first kappa shape index (κ1) is 20.5. The van der Waals surface area contributed by atoms with Crippen LogP contribution in [-0.2, 0) is 15.1 Å². The number of amides is 4. The minimum atomic E-state index is -1.33. The molecular weight excluding hydrogens is 413 g/mol. The molecule has 1 aliphatic carbocycles. The Labute approximate surface area is 180 Å². The first-order valence-corrected chi connectivity index (χ1v) is 11.0. The van der Waals surface area contributed by atoms with Gasteiger partial charge in [0.15, 0.2) is 0 Å². The van der Waals surface area contributed by atoms with E-state index in [1.807, 2.05) is 4.90 Å². The third-order valence-electron chi connectivity index (χ3n) is 6.60. The van der Waals surface area contributed by atoms with Crippen molar-refractivity contribution in [1.82, 2.24) is 15.1 Å². The molecule has 0 spiro atoms. The Hall–Kier alpha value is -1.79. The number of hydrogen-bond acceptors (Lipinski definition) is 3. The Kier molecular flexibility index (Phi) is 5.51. The Morgan fingerprint density at radius 2 is 1.90 bits per heavy atom. The third-order valence-corrected chi connectivity index (χ3v) is 7.15. The summed E-state index contributed by atoms with van der Waals surface area (Å²) in [5.41, 5.74) is -0.865. The van der Waals surface area contributed by atoms with Crippen LogP contribution >= 0.6 is 23.2 Å². The van der Waals surface area contributed by atoms with E-state index in [1.165, 1.54) is 12.5 Å². The number of carbonyl (C=O) groups is 3. The lowest BCUT2D eigenvalue weighted by Crippen LogP contribution is -2.53. The van der Waals surface area contributed by atoms with Crippen molar-refractivity contribution in [2.45, 2.75) is 57.0 Å². The molecule has 1 aromatic rings. The van der Waals surface area contributed by atoms with Gasteiger partial charge in [-0.05, 0) is 50.7 Å². The fourth-order valence-corrected chi connectivity index (χ4v) is 5.68. The summed E-state index contributed by atoms with van der Waals surface area (Å²) >= 11 is 12.2. The van der Waals surface area contributed by atoms with Crippen LogP contribution in [0.2, 0.25) is 10.0 Å². The average molecular weight is 438 g/mol. The van der Waals surface area contributed by atoms with E-state index in [2.05, 4.69) is 5.32 Å². The third kappa shape index (κ3) is 3.61. The van der Waals surface area contributed by atoms with Gasteiger partial charge in [0.25, 0.3) is 5.91 Å². The summed E-state index contributed by atoms with van der Waals surface area (Å²) < 4.78 is 0. The van der Waals surface area contributed by atoms with Gasteiger partial charge in [0.05, 0.1) is 0 Å². The standard InChI is InChI=1S/C21H25Cl2N3O3/c1-21(15-9-8-14(22)11-16(15)23)19(28)26(20(29)24-21)12-18(27)25-10-4-6-13-5-2-3-7-17(13)25/h8-9,11,13,17H,2-7,10,12H2,1H3,(H,24,29). The number of nitrogens with one attached hydrogen (secondary N) is 1. The molecule has 0 radical (unpaired) electrons. The Bertz CT molecular complexity index is 860. The highest BCUT2D eigenvalue weighted by atomic mass is 35.5. The second-order valence-electron chi connectivity index (χ2n) is 8.41. The number of urea groups is 1. The fraction of sp³-hybridized carbons (Fsp3) is 0.571. The summed E-state index contributed by atoms with van der Waals surface area (Å²) in [6.45, 7) is 2.06. The van der Waals surface area contributed by atoms with Crippen LogP contribution in [0.15, 0.2) is 18.2 Å². The van der Waals surface area contributed by atoms with Crippen LogP contribution in [0.25, 0.3) is 0 Å². The monoisotopic (exact) mass is 437 g/mol. The van der Waals surface area contributed by atoms with E-state index in [0.29, 0.717) is 28.1 Å². The van der Waals surface area contributed by atoms with Crippen LogP contribution in [-0.4, -0.2) is 46.8 Å². The van der Waals surface area contributed by atoms with Gasteiger partial charge in [0.1, 0.15) is 12.1 Å². The molecular formula is C21H25Cl2N3O3. The molecule has 8 heteroatoms. The lowest BCUT2D eigenvalue weighted by molar-refractivity contribution is -0.142. The molecule has 156 valence electrons. The summed E-state index contributed by atoms with van der Waals surface area (Å²) in [6, 6.07) is 4.45. The molecule has 1 aromatic carbocycles. The molecule has 29 heavy (non-hydrogen) atoms. The predicted molar refractivity (Wildman–Crippen MR) is 111 cm³/mol. The van der Waals surface area contributed by atoms with Gasteiger partial charge in [-0.3, -0.25) is 14.5 Å². The predicted octanol–water partition coefficient (Wildman–Crippen LogP) is 3.94. The van der Waals surface area contributed by atoms with Gasteiger partial charge in [-0.25, -0.2) is 4.79 Å². The molecule has 1 saturated carbocycles. The number of halogens is 2. The maximum Gasteiger partial charge on any atom is 0.325 e. The number of rotatable bonds is 3. The van der Waals surface area contributed by atoms with Crippen molar-refractivity contribution in [1.29, 1.82) is 0 Å². The van der Waals surface area contributed by atoms with Crippen molar-refractivity contribution in [2.24, 2.45) is 5.92 Å². The van der Waals surface area contributed by atoms with Crippen molar-refractivity contribution >= 4 is 41.0 Å². The van der Waals surface area contributed by atoms with Crippen LogP contribution in [0.4, 0.5) is 4.79 Å². The molecule has 3 aliphatic rings. The van der Waals surface area contributed by atoms with Gasteiger partial charge < -0.3 is 10.2 Å². The number of imide groups is 1. The summed E-state index contributed by atoms with van der Waals surface area (Å²) in [4.78, 5) is 41.7. The zero-order valence-corrected chi connectivity index (χ0v) is 17.9. The van der Waals surface area contributed by atoms with E-state index < -0.39 is 17.5 Å². The molecule has 2 heterocycles. The van der Waals surface area contributed by atoms with Crippen LogP contribution in [0.5, 0.6) is 0 Å².